The third-order valence-corrected chi connectivity index (χ3v) is 6.76. The lowest BCUT2D eigenvalue weighted by Gasteiger charge is -2.26. The molecular weight excluding hydrogens is 504 g/mol. The maximum absolute atomic E-state index is 11.2. The van der Waals surface area contributed by atoms with Gasteiger partial charge in [0.05, 0.1) is 0 Å². The highest BCUT2D eigenvalue weighted by Crippen LogP contribution is 2.37. The molecule has 0 atom stereocenters. The van der Waals surface area contributed by atoms with Gasteiger partial charge in [-0.25, -0.2) is 0 Å². The molecule has 0 aliphatic rings. The number of anilines is 6. The van der Waals surface area contributed by atoms with Crippen LogP contribution in [0.15, 0.2) is 164 Å². The Labute approximate surface area is 240 Å². The van der Waals surface area contributed by atoms with E-state index in [-0.39, 0.29) is 0 Å². The molecule has 0 unspecified atom stereocenters. The van der Waals surface area contributed by atoms with E-state index in [0.29, 0.717) is 5.56 Å². The molecular formula is C37H28N2O2. The second-order valence-electron chi connectivity index (χ2n) is 9.48. The maximum Gasteiger partial charge on any atom is 0.150 e. The highest BCUT2D eigenvalue weighted by atomic mass is 16.5. The van der Waals surface area contributed by atoms with Crippen molar-refractivity contribution in [3.05, 3.63) is 169 Å². The maximum atomic E-state index is 11.2. The Balaban J connectivity index is 1.24. The van der Waals surface area contributed by atoms with E-state index in [2.05, 4.69) is 58.3 Å². The first-order valence-electron chi connectivity index (χ1n) is 13.5. The lowest BCUT2D eigenvalue weighted by Crippen LogP contribution is -2.09. The van der Waals surface area contributed by atoms with Crippen LogP contribution in [0.3, 0.4) is 0 Å². The molecule has 0 amide bonds. The van der Waals surface area contributed by atoms with Gasteiger partial charge < -0.3 is 14.5 Å². The van der Waals surface area contributed by atoms with Crippen molar-refractivity contribution in [3.8, 4) is 11.5 Å². The molecule has 0 aliphatic carbocycles. The first kappa shape index (κ1) is 25.7. The Morgan fingerprint density at radius 2 is 0.659 bits per heavy atom. The van der Waals surface area contributed by atoms with Crippen LogP contribution in [-0.2, 0) is 0 Å². The van der Waals surface area contributed by atoms with Crippen LogP contribution < -0.4 is 14.5 Å². The van der Waals surface area contributed by atoms with E-state index < -0.39 is 0 Å². The van der Waals surface area contributed by atoms with Crippen LogP contribution in [0.25, 0.3) is 0 Å². The molecule has 4 nitrogen and oxygen atoms in total. The van der Waals surface area contributed by atoms with Crippen LogP contribution in [0.2, 0.25) is 0 Å². The van der Waals surface area contributed by atoms with Gasteiger partial charge in [0, 0.05) is 39.7 Å². The van der Waals surface area contributed by atoms with Gasteiger partial charge in [-0.05, 0) is 109 Å². The smallest absolute Gasteiger partial charge is 0.150 e. The van der Waals surface area contributed by atoms with E-state index in [0.717, 1.165) is 51.9 Å². The fourth-order valence-electron chi connectivity index (χ4n) is 4.79. The van der Waals surface area contributed by atoms with Crippen LogP contribution in [0, 0.1) is 0 Å². The zero-order chi connectivity index (χ0) is 27.9. The monoisotopic (exact) mass is 532 g/mol. The Kier molecular flexibility index (Phi) is 7.55. The summed E-state index contributed by atoms with van der Waals surface area (Å²) in [5.41, 5.74) is 6.85. The second-order valence-corrected chi connectivity index (χ2v) is 9.48. The number of rotatable bonds is 9. The SMILES string of the molecule is O=Cc1ccc(N(c2ccccc2)c2ccc(Oc3ccc(N(c4ccccc4)c4ccccc4)cc3)cc2)cc1. The predicted molar refractivity (Wildman–Crippen MR) is 168 cm³/mol. The number of ether oxygens (including phenoxy) is 1. The summed E-state index contributed by atoms with van der Waals surface area (Å²) >= 11 is 0. The normalized spacial score (nSPS) is 10.5. The van der Waals surface area contributed by atoms with Crippen molar-refractivity contribution in [2.75, 3.05) is 9.80 Å². The molecule has 0 spiro atoms. The van der Waals surface area contributed by atoms with Crippen LogP contribution in [-0.4, -0.2) is 6.29 Å². The fraction of sp³-hybridized carbons (Fsp3) is 0. The van der Waals surface area contributed by atoms with Crippen LogP contribution in [0.5, 0.6) is 11.5 Å². The predicted octanol–water partition coefficient (Wildman–Crippen LogP) is 10.2. The van der Waals surface area contributed by atoms with Crippen LogP contribution >= 0.6 is 0 Å². The first-order valence-corrected chi connectivity index (χ1v) is 13.5. The summed E-state index contributed by atoms with van der Waals surface area (Å²) in [4.78, 5) is 15.5. The second kappa shape index (κ2) is 12.1. The number of para-hydroxylation sites is 3. The summed E-state index contributed by atoms with van der Waals surface area (Å²) in [5.74, 6) is 1.50. The average Bonchev–Trinajstić information content (AvgIpc) is 3.05. The van der Waals surface area contributed by atoms with Gasteiger partial charge in [-0.3, -0.25) is 4.79 Å². The van der Waals surface area contributed by atoms with E-state index >= 15 is 0 Å². The van der Waals surface area contributed by atoms with Gasteiger partial charge in [0.1, 0.15) is 17.8 Å². The van der Waals surface area contributed by atoms with Crippen molar-refractivity contribution >= 4 is 40.4 Å². The van der Waals surface area contributed by atoms with Gasteiger partial charge >= 0.3 is 0 Å². The number of hydrogen-bond donors (Lipinski definition) is 0. The molecule has 0 heterocycles. The quantitative estimate of drug-likeness (QED) is 0.173. The Morgan fingerprint density at radius 3 is 0.976 bits per heavy atom. The minimum atomic E-state index is 0.646. The molecule has 6 aromatic rings. The third-order valence-electron chi connectivity index (χ3n) is 6.76. The summed E-state index contributed by atoms with van der Waals surface area (Å²) in [6.07, 6.45) is 0.857. The van der Waals surface area contributed by atoms with Gasteiger partial charge in [0.2, 0.25) is 0 Å². The summed E-state index contributed by atoms with van der Waals surface area (Å²) in [6.45, 7) is 0. The Bertz CT molecular complexity index is 1650. The van der Waals surface area contributed by atoms with Crippen molar-refractivity contribution in [1.29, 1.82) is 0 Å². The number of benzene rings is 6. The highest BCUT2D eigenvalue weighted by molar-refractivity contribution is 5.80. The molecule has 0 radical (unpaired) electrons. The van der Waals surface area contributed by atoms with Gasteiger partial charge in [0.25, 0.3) is 0 Å². The summed E-state index contributed by atoms with van der Waals surface area (Å²) in [6, 6.07) is 54.5. The standard InChI is InChI=1S/C37H28N2O2/c40-28-29-16-18-33(19-17-29)39(32-14-8-3-9-15-32)35-22-26-37(27-23-35)41-36-24-20-34(21-25-36)38(30-10-4-1-5-11-30)31-12-6-2-7-13-31/h1-28H. The van der Waals surface area contributed by atoms with Crippen molar-refractivity contribution in [2.24, 2.45) is 0 Å². The van der Waals surface area contributed by atoms with E-state index in [9.17, 15) is 4.79 Å². The molecule has 0 N–H and O–H groups in total. The molecule has 0 aromatic heterocycles. The van der Waals surface area contributed by atoms with E-state index in [1.54, 1.807) is 0 Å². The van der Waals surface area contributed by atoms with Gasteiger partial charge in [-0.15, -0.1) is 0 Å². The largest absolute Gasteiger partial charge is 0.457 e. The van der Waals surface area contributed by atoms with Crippen molar-refractivity contribution < 1.29 is 9.53 Å². The molecule has 0 bridgehead atoms. The first-order chi connectivity index (χ1) is 20.3. The number of carbonyl (C=O) groups excluding carboxylic acids is 1. The minimum absolute atomic E-state index is 0.646. The van der Waals surface area contributed by atoms with E-state index in [1.807, 2.05) is 115 Å². The summed E-state index contributed by atoms with van der Waals surface area (Å²) < 4.78 is 6.23. The van der Waals surface area contributed by atoms with Crippen molar-refractivity contribution in [3.63, 3.8) is 0 Å². The average molecular weight is 533 g/mol. The van der Waals surface area contributed by atoms with Crippen LogP contribution in [0.1, 0.15) is 10.4 Å². The van der Waals surface area contributed by atoms with Crippen LogP contribution in [0.4, 0.5) is 34.1 Å². The number of nitrogens with zero attached hydrogens (tertiary/aromatic N) is 2. The zero-order valence-electron chi connectivity index (χ0n) is 22.4. The molecule has 0 fully saturated rings. The third kappa shape index (κ3) is 5.87. The lowest BCUT2D eigenvalue weighted by atomic mass is 10.1. The topological polar surface area (TPSA) is 32.8 Å². The Hall–Kier alpha value is -5.61. The number of hydrogen-bond acceptors (Lipinski definition) is 4. The summed E-state index contributed by atoms with van der Waals surface area (Å²) in [5, 5.41) is 0. The molecule has 6 rings (SSSR count). The number of carbonyl (C=O) groups is 1. The molecule has 6 aromatic carbocycles. The zero-order valence-corrected chi connectivity index (χ0v) is 22.4. The molecule has 198 valence electrons. The molecule has 0 aliphatic heterocycles. The molecule has 4 heteroatoms. The number of aldehydes is 1. The highest BCUT2D eigenvalue weighted by Gasteiger charge is 2.14. The molecule has 41 heavy (non-hydrogen) atoms. The Morgan fingerprint density at radius 1 is 0.366 bits per heavy atom. The van der Waals surface area contributed by atoms with Crippen molar-refractivity contribution in [2.45, 2.75) is 0 Å². The van der Waals surface area contributed by atoms with Gasteiger partial charge in [0.15, 0.2) is 0 Å². The fourth-order valence-corrected chi connectivity index (χ4v) is 4.79. The van der Waals surface area contributed by atoms with Gasteiger partial charge in [-0.2, -0.15) is 0 Å². The van der Waals surface area contributed by atoms with Gasteiger partial charge in [-0.1, -0.05) is 54.6 Å². The summed E-state index contributed by atoms with van der Waals surface area (Å²) in [7, 11) is 0. The van der Waals surface area contributed by atoms with Crippen molar-refractivity contribution in [1.82, 2.24) is 0 Å². The van der Waals surface area contributed by atoms with E-state index in [4.69, 9.17) is 4.74 Å². The van der Waals surface area contributed by atoms with E-state index in [1.165, 1.54) is 0 Å². The molecule has 0 saturated heterocycles. The molecule has 0 saturated carbocycles. The lowest BCUT2D eigenvalue weighted by molar-refractivity contribution is 0.112. The minimum Gasteiger partial charge on any atom is -0.457 e.